The Balaban J connectivity index is 1.84. The lowest BCUT2D eigenvalue weighted by atomic mass is 10.2. The van der Waals surface area contributed by atoms with Crippen LogP contribution in [0.5, 0.6) is 0 Å². The number of pyridine rings is 1. The van der Waals surface area contributed by atoms with E-state index in [1.807, 2.05) is 12.1 Å². The first-order valence-electron chi connectivity index (χ1n) is 10.1. The van der Waals surface area contributed by atoms with Crippen molar-refractivity contribution in [1.82, 2.24) is 8.87 Å². The van der Waals surface area contributed by atoms with Gasteiger partial charge < -0.3 is 9.88 Å². The van der Waals surface area contributed by atoms with E-state index in [0.717, 1.165) is 5.56 Å². The van der Waals surface area contributed by atoms with Crippen molar-refractivity contribution >= 4 is 33.2 Å². The van der Waals surface area contributed by atoms with Gasteiger partial charge in [-0.3, -0.25) is 9.59 Å². The van der Waals surface area contributed by atoms with Gasteiger partial charge in [-0.25, -0.2) is 8.42 Å². The Hall–Kier alpha value is -2.94. The lowest BCUT2D eigenvalue weighted by Crippen LogP contribution is -2.30. The molecule has 0 fully saturated rings. The first kappa shape index (κ1) is 23.7. The fourth-order valence-corrected chi connectivity index (χ4v) is 4.95. The van der Waals surface area contributed by atoms with Crippen LogP contribution in [0.15, 0.2) is 76.6 Å². The van der Waals surface area contributed by atoms with Crippen LogP contribution in [0.1, 0.15) is 29.8 Å². The summed E-state index contributed by atoms with van der Waals surface area (Å²) in [6, 6.07) is 15.9. The minimum absolute atomic E-state index is 0.0533. The Morgan fingerprint density at radius 1 is 1.03 bits per heavy atom. The molecule has 0 atom stereocenters. The Morgan fingerprint density at radius 3 is 2.44 bits per heavy atom. The molecule has 0 unspecified atom stereocenters. The summed E-state index contributed by atoms with van der Waals surface area (Å²) < 4.78 is 28.3. The number of nitrogens with zero attached hydrogens (tertiary/aromatic N) is 2. The molecule has 0 saturated carbocycles. The molecule has 1 aromatic heterocycles. The summed E-state index contributed by atoms with van der Waals surface area (Å²) >= 11 is 6.19. The van der Waals surface area contributed by atoms with E-state index in [0.29, 0.717) is 23.8 Å². The molecule has 0 aliphatic heterocycles. The van der Waals surface area contributed by atoms with Crippen molar-refractivity contribution in [2.45, 2.75) is 25.3 Å². The topological polar surface area (TPSA) is 88.5 Å². The van der Waals surface area contributed by atoms with Gasteiger partial charge in [0.2, 0.25) is 10.0 Å². The SMILES string of the molecule is CCN(CC)S(=O)(=O)c1cccc(C(=O)Nc2ccc(=O)n(Cc3ccccc3Cl)c2)c1. The number of rotatable bonds is 8. The zero-order valence-electron chi connectivity index (χ0n) is 17.8. The second-order valence-corrected chi connectivity index (χ2v) is 9.39. The fraction of sp³-hybridized carbons (Fsp3) is 0.217. The van der Waals surface area contributed by atoms with Crippen molar-refractivity contribution in [2.75, 3.05) is 18.4 Å². The van der Waals surface area contributed by atoms with Crippen LogP contribution in [-0.4, -0.2) is 36.3 Å². The minimum atomic E-state index is -3.69. The summed E-state index contributed by atoms with van der Waals surface area (Å²) in [7, 11) is -3.69. The van der Waals surface area contributed by atoms with Crippen LogP contribution in [0.4, 0.5) is 5.69 Å². The minimum Gasteiger partial charge on any atom is -0.321 e. The molecule has 1 amide bonds. The van der Waals surface area contributed by atoms with E-state index in [1.165, 1.54) is 51.5 Å². The van der Waals surface area contributed by atoms with Crippen molar-refractivity contribution in [2.24, 2.45) is 0 Å². The maximum atomic E-state index is 12.8. The molecule has 0 aliphatic carbocycles. The molecule has 1 heterocycles. The number of sulfonamides is 1. The third-order valence-electron chi connectivity index (χ3n) is 4.98. The van der Waals surface area contributed by atoms with Gasteiger partial charge in [-0.2, -0.15) is 4.31 Å². The molecule has 168 valence electrons. The number of halogens is 1. The summed E-state index contributed by atoms with van der Waals surface area (Å²) in [6.07, 6.45) is 1.53. The zero-order valence-corrected chi connectivity index (χ0v) is 19.4. The molecule has 1 N–H and O–H groups in total. The highest BCUT2D eigenvalue weighted by molar-refractivity contribution is 7.89. The molecular formula is C23H24ClN3O4S. The Kier molecular flexibility index (Phi) is 7.50. The first-order chi connectivity index (χ1) is 15.3. The van der Waals surface area contributed by atoms with E-state index in [2.05, 4.69) is 5.32 Å². The summed E-state index contributed by atoms with van der Waals surface area (Å²) in [4.78, 5) is 25.1. The van der Waals surface area contributed by atoms with Crippen LogP contribution >= 0.6 is 11.6 Å². The van der Waals surface area contributed by atoms with Crippen LogP contribution in [-0.2, 0) is 16.6 Å². The van der Waals surface area contributed by atoms with Crippen molar-refractivity contribution in [3.63, 3.8) is 0 Å². The highest BCUT2D eigenvalue weighted by Crippen LogP contribution is 2.19. The number of benzene rings is 2. The van der Waals surface area contributed by atoms with Crippen molar-refractivity contribution < 1.29 is 13.2 Å². The van der Waals surface area contributed by atoms with Gasteiger partial charge in [0.25, 0.3) is 11.5 Å². The summed E-state index contributed by atoms with van der Waals surface area (Å²) in [5, 5.41) is 3.26. The largest absolute Gasteiger partial charge is 0.321 e. The van der Waals surface area contributed by atoms with Gasteiger partial charge in [-0.15, -0.1) is 0 Å². The predicted octanol–water partition coefficient (Wildman–Crippen LogP) is 3.83. The molecule has 3 rings (SSSR count). The molecule has 0 radical (unpaired) electrons. The second-order valence-electron chi connectivity index (χ2n) is 7.05. The monoisotopic (exact) mass is 473 g/mol. The van der Waals surface area contributed by atoms with Gasteiger partial charge in [-0.05, 0) is 35.9 Å². The molecule has 7 nitrogen and oxygen atoms in total. The Morgan fingerprint density at radius 2 is 1.75 bits per heavy atom. The molecule has 0 aliphatic rings. The van der Waals surface area contributed by atoms with Crippen LogP contribution in [0.2, 0.25) is 5.02 Å². The van der Waals surface area contributed by atoms with Crippen molar-refractivity contribution in [3.05, 3.63) is 93.4 Å². The smallest absolute Gasteiger partial charge is 0.255 e. The lowest BCUT2D eigenvalue weighted by Gasteiger charge is -2.18. The zero-order chi connectivity index (χ0) is 23.3. The number of hydrogen-bond donors (Lipinski definition) is 1. The number of amides is 1. The summed E-state index contributed by atoms with van der Waals surface area (Å²) in [6.45, 7) is 4.44. The van der Waals surface area contributed by atoms with E-state index in [9.17, 15) is 18.0 Å². The van der Waals surface area contributed by atoms with Gasteiger partial charge in [0.1, 0.15) is 0 Å². The van der Waals surface area contributed by atoms with Gasteiger partial charge in [0, 0.05) is 35.9 Å². The van der Waals surface area contributed by atoms with E-state index in [4.69, 9.17) is 11.6 Å². The highest BCUT2D eigenvalue weighted by atomic mass is 35.5. The van der Waals surface area contributed by atoms with Crippen LogP contribution in [0, 0.1) is 0 Å². The van der Waals surface area contributed by atoms with Gasteiger partial charge in [0.05, 0.1) is 17.1 Å². The van der Waals surface area contributed by atoms with Crippen molar-refractivity contribution in [1.29, 1.82) is 0 Å². The van der Waals surface area contributed by atoms with Crippen molar-refractivity contribution in [3.8, 4) is 0 Å². The first-order valence-corrected chi connectivity index (χ1v) is 11.9. The van der Waals surface area contributed by atoms with Gasteiger partial charge in [-0.1, -0.05) is 49.7 Å². The third-order valence-corrected chi connectivity index (χ3v) is 7.39. The molecule has 9 heteroatoms. The van der Waals surface area contributed by atoms with E-state index in [-0.39, 0.29) is 22.6 Å². The van der Waals surface area contributed by atoms with Crippen LogP contribution < -0.4 is 10.9 Å². The highest BCUT2D eigenvalue weighted by Gasteiger charge is 2.22. The average Bonchev–Trinajstić information content (AvgIpc) is 2.78. The maximum absolute atomic E-state index is 12.8. The molecular weight excluding hydrogens is 450 g/mol. The normalized spacial score (nSPS) is 11.5. The quantitative estimate of drug-likeness (QED) is 0.538. The van der Waals surface area contributed by atoms with E-state index < -0.39 is 15.9 Å². The number of anilines is 1. The number of carbonyl (C=O) groups excluding carboxylic acids is 1. The van der Waals surface area contributed by atoms with E-state index in [1.54, 1.807) is 26.0 Å². The standard InChI is InChI=1S/C23H24ClN3O4S/c1-3-27(4-2)32(30,31)20-10-7-9-17(14-20)23(29)25-19-12-13-22(28)26(16-19)15-18-8-5-6-11-21(18)24/h5-14,16H,3-4,15H2,1-2H3,(H,25,29). The molecule has 0 bridgehead atoms. The number of nitrogens with one attached hydrogen (secondary N) is 1. The molecule has 3 aromatic rings. The number of hydrogen-bond acceptors (Lipinski definition) is 4. The maximum Gasteiger partial charge on any atom is 0.255 e. The predicted molar refractivity (Wildman–Crippen MR) is 126 cm³/mol. The van der Waals surface area contributed by atoms with E-state index >= 15 is 0 Å². The number of aromatic nitrogens is 1. The van der Waals surface area contributed by atoms with Crippen LogP contribution in [0.25, 0.3) is 0 Å². The lowest BCUT2D eigenvalue weighted by molar-refractivity contribution is 0.102. The van der Waals surface area contributed by atoms with Crippen LogP contribution in [0.3, 0.4) is 0 Å². The van der Waals surface area contributed by atoms with Gasteiger partial charge in [0.15, 0.2) is 0 Å². The average molecular weight is 474 g/mol. The molecule has 2 aromatic carbocycles. The molecule has 32 heavy (non-hydrogen) atoms. The Labute approximate surface area is 192 Å². The van der Waals surface area contributed by atoms with Gasteiger partial charge >= 0.3 is 0 Å². The number of carbonyl (C=O) groups is 1. The summed E-state index contributed by atoms with van der Waals surface area (Å²) in [5.41, 5.74) is 1.13. The summed E-state index contributed by atoms with van der Waals surface area (Å²) in [5.74, 6) is -0.482. The Bertz CT molecular complexity index is 1280. The third kappa shape index (κ3) is 5.27. The fourth-order valence-electron chi connectivity index (χ4n) is 3.25. The second kappa shape index (κ2) is 10.1. The molecule has 0 saturated heterocycles. The molecule has 0 spiro atoms.